The van der Waals surface area contributed by atoms with E-state index >= 15 is 0 Å². The number of carbonyl (C=O) groups is 2. The van der Waals surface area contributed by atoms with Gasteiger partial charge in [-0.2, -0.15) is 13.2 Å². The molecule has 196 valence electrons. The second kappa shape index (κ2) is 11.9. The molecule has 10 heteroatoms. The fourth-order valence-corrected chi connectivity index (χ4v) is 3.88. The summed E-state index contributed by atoms with van der Waals surface area (Å²) in [4.78, 5) is 31.2. The zero-order valence-electron chi connectivity index (χ0n) is 20.8. The maximum absolute atomic E-state index is 12.9. The van der Waals surface area contributed by atoms with Gasteiger partial charge in [-0.05, 0) is 53.6 Å². The van der Waals surface area contributed by atoms with Crippen molar-refractivity contribution < 1.29 is 27.9 Å². The smallest absolute Gasteiger partial charge is 0.416 e. The number of carboxylic acids is 1. The lowest BCUT2D eigenvalue weighted by atomic mass is 9.92. The fourth-order valence-electron chi connectivity index (χ4n) is 3.88. The Bertz CT molecular complexity index is 1230. The number of amides is 1. The standard InChI is InChI=1S/C27H29F3N4O3/c1-16(2)12-23(34-26-32-14-20(15-33-26)25(37)31-11-10-24(35)36)19-6-9-22(17(3)13-19)18-4-7-21(8-5-18)27(28,29)30/h4-9,13-16,23H,10-12H2,1-3H3,(H,31,37)(H,35,36)(H,32,33,34). The van der Waals surface area contributed by atoms with Gasteiger partial charge in [0.05, 0.1) is 23.6 Å². The number of hydrogen-bond donors (Lipinski definition) is 3. The summed E-state index contributed by atoms with van der Waals surface area (Å²) in [6.45, 7) is 6.09. The highest BCUT2D eigenvalue weighted by Crippen LogP contribution is 2.33. The van der Waals surface area contributed by atoms with E-state index in [1.807, 2.05) is 25.1 Å². The van der Waals surface area contributed by atoms with Crippen LogP contribution < -0.4 is 10.6 Å². The van der Waals surface area contributed by atoms with Crippen LogP contribution in [0.2, 0.25) is 0 Å². The summed E-state index contributed by atoms with van der Waals surface area (Å²) in [5.41, 5.74) is 2.97. The molecule has 2 aromatic carbocycles. The Balaban J connectivity index is 1.76. The van der Waals surface area contributed by atoms with E-state index in [0.717, 1.165) is 35.2 Å². The van der Waals surface area contributed by atoms with Crippen LogP contribution in [0.25, 0.3) is 11.1 Å². The summed E-state index contributed by atoms with van der Waals surface area (Å²) in [6.07, 6.45) is -1.05. The fraction of sp³-hybridized carbons (Fsp3) is 0.333. The highest BCUT2D eigenvalue weighted by molar-refractivity contribution is 5.93. The summed E-state index contributed by atoms with van der Waals surface area (Å²) in [5, 5.41) is 14.5. The van der Waals surface area contributed by atoms with Gasteiger partial charge in [0.15, 0.2) is 0 Å². The average Bonchev–Trinajstić information content (AvgIpc) is 2.83. The SMILES string of the molecule is Cc1cc(C(CC(C)C)Nc2ncc(C(=O)NCCC(=O)O)cn2)ccc1-c1ccc(C(F)(F)F)cc1. The van der Waals surface area contributed by atoms with Crippen molar-refractivity contribution in [3.8, 4) is 11.1 Å². The highest BCUT2D eigenvalue weighted by atomic mass is 19.4. The normalized spacial score (nSPS) is 12.3. The molecule has 1 amide bonds. The van der Waals surface area contributed by atoms with Gasteiger partial charge in [0, 0.05) is 18.9 Å². The number of nitrogens with one attached hydrogen (secondary N) is 2. The number of rotatable bonds is 10. The third kappa shape index (κ3) is 7.77. The van der Waals surface area contributed by atoms with Crippen molar-refractivity contribution in [1.29, 1.82) is 0 Å². The number of benzene rings is 2. The minimum Gasteiger partial charge on any atom is -0.481 e. The lowest BCUT2D eigenvalue weighted by Crippen LogP contribution is -2.26. The summed E-state index contributed by atoms with van der Waals surface area (Å²) in [5.74, 6) is -0.792. The van der Waals surface area contributed by atoms with E-state index in [1.165, 1.54) is 24.5 Å². The lowest BCUT2D eigenvalue weighted by Gasteiger charge is -2.22. The van der Waals surface area contributed by atoms with E-state index in [0.29, 0.717) is 17.4 Å². The minimum atomic E-state index is -4.38. The second-order valence-electron chi connectivity index (χ2n) is 9.17. The molecule has 1 heterocycles. The zero-order valence-corrected chi connectivity index (χ0v) is 20.8. The first kappa shape index (κ1) is 27.6. The van der Waals surface area contributed by atoms with Crippen LogP contribution in [0.5, 0.6) is 0 Å². The van der Waals surface area contributed by atoms with Crippen molar-refractivity contribution in [3.63, 3.8) is 0 Å². The predicted octanol–water partition coefficient (Wildman–Crippen LogP) is 5.87. The van der Waals surface area contributed by atoms with Crippen LogP contribution in [-0.4, -0.2) is 33.5 Å². The Morgan fingerprint density at radius 1 is 1.03 bits per heavy atom. The Kier molecular flexibility index (Phi) is 8.86. The molecular formula is C27H29F3N4O3. The number of hydrogen-bond acceptors (Lipinski definition) is 5. The van der Waals surface area contributed by atoms with Crippen LogP contribution in [0, 0.1) is 12.8 Å². The number of halogens is 3. The molecule has 37 heavy (non-hydrogen) atoms. The molecule has 0 saturated heterocycles. The molecule has 0 aliphatic carbocycles. The van der Waals surface area contributed by atoms with Gasteiger partial charge in [-0.3, -0.25) is 9.59 Å². The molecular weight excluding hydrogens is 485 g/mol. The molecule has 0 radical (unpaired) electrons. The van der Waals surface area contributed by atoms with E-state index in [1.54, 1.807) is 0 Å². The molecule has 0 aliphatic rings. The molecule has 0 bridgehead atoms. The maximum atomic E-state index is 12.9. The Hall–Kier alpha value is -3.95. The number of aliphatic carboxylic acids is 1. The van der Waals surface area contributed by atoms with Crippen molar-refractivity contribution in [2.75, 3.05) is 11.9 Å². The first-order valence-electron chi connectivity index (χ1n) is 11.8. The Morgan fingerprint density at radius 2 is 1.68 bits per heavy atom. The molecule has 3 N–H and O–H groups in total. The van der Waals surface area contributed by atoms with E-state index in [4.69, 9.17) is 5.11 Å². The van der Waals surface area contributed by atoms with E-state index < -0.39 is 23.6 Å². The molecule has 3 rings (SSSR count). The van der Waals surface area contributed by atoms with E-state index in [-0.39, 0.29) is 24.6 Å². The summed E-state index contributed by atoms with van der Waals surface area (Å²) < 4.78 is 38.7. The van der Waals surface area contributed by atoms with Gasteiger partial charge in [-0.15, -0.1) is 0 Å². The van der Waals surface area contributed by atoms with Crippen LogP contribution in [-0.2, 0) is 11.0 Å². The Morgan fingerprint density at radius 3 is 2.22 bits per heavy atom. The number of aryl methyl sites for hydroxylation is 1. The number of alkyl halides is 3. The zero-order chi connectivity index (χ0) is 27.2. The summed E-state index contributed by atoms with van der Waals surface area (Å²) in [7, 11) is 0. The molecule has 1 atom stereocenters. The van der Waals surface area contributed by atoms with E-state index in [9.17, 15) is 22.8 Å². The number of carboxylic acid groups (broad SMARTS) is 1. The van der Waals surface area contributed by atoms with Crippen molar-refractivity contribution >= 4 is 17.8 Å². The van der Waals surface area contributed by atoms with Gasteiger partial charge in [0.2, 0.25) is 5.95 Å². The monoisotopic (exact) mass is 514 g/mol. The van der Waals surface area contributed by atoms with Crippen LogP contribution in [0.15, 0.2) is 54.9 Å². The third-order valence-electron chi connectivity index (χ3n) is 5.72. The van der Waals surface area contributed by atoms with Crippen LogP contribution in [0.4, 0.5) is 19.1 Å². The van der Waals surface area contributed by atoms with Crippen LogP contribution in [0.3, 0.4) is 0 Å². The lowest BCUT2D eigenvalue weighted by molar-refractivity contribution is -0.138. The van der Waals surface area contributed by atoms with Gasteiger partial charge < -0.3 is 15.7 Å². The molecule has 0 fully saturated rings. The molecule has 0 aliphatic heterocycles. The van der Waals surface area contributed by atoms with Gasteiger partial charge >= 0.3 is 12.1 Å². The average molecular weight is 515 g/mol. The van der Waals surface area contributed by atoms with Gasteiger partial charge in [0.25, 0.3) is 5.91 Å². The first-order chi connectivity index (χ1) is 17.4. The molecule has 0 saturated carbocycles. The predicted molar refractivity (Wildman–Crippen MR) is 134 cm³/mol. The highest BCUT2D eigenvalue weighted by Gasteiger charge is 2.30. The van der Waals surface area contributed by atoms with Crippen LogP contribution in [0.1, 0.15) is 59.8 Å². The topological polar surface area (TPSA) is 104 Å². The number of aromatic nitrogens is 2. The number of nitrogens with zero attached hydrogens (tertiary/aromatic N) is 2. The van der Waals surface area contributed by atoms with Crippen LogP contribution >= 0.6 is 0 Å². The van der Waals surface area contributed by atoms with Crippen molar-refractivity contribution in [2.24, 2.45) is 5.92 Å². The van der Waals surface area contributed by atoms with Gasteiger partial charge in [0.1, 0.15) is 0 Å². The summed E-state index contributed by atoms with van der Waals surface area (Å²) in [6, 6.07) is 10.8. The second-order valence-corrected chi connectivity index (χ2v) is 9.17. The summed E-state index contributed by atoms with van der Waals surface area (Å²) >= 11 is 0. The largest absolute Gasteiger partial charge is 0.481 e. The van der Waals surface area contributed by atoms with Crippen molar-refractivity contribution in [1.82, 2.24) is 15.3 Å². The third-order valence-corrected chi connectivity index (χ3v) is 5.72. The number of carbonyl (C=O) groups excluding carboxylic acids is 1. The quantitative estimate of drug-likeness (QED) is 0.312. The van der Waals surface area contributed by atoms with Crippen molar-refractivity contribution in [2.45, 2.75) is 45.8 Å². The number of anilines is 1. The minimum absolute atomic E-state index is 0.00640. The van der Waals surface area contributed by atoms with Gasteiger partial charge in [-0.1, -0.05) is 44.2 Å². The van der Waals surface area contributed by atoms with Crippen molar-refractivity contribution in [3.05, 3.63) is 77.1 Å². The molecule has 1 unspecified atom stereocenters. The first-order valence-corrected chi connectivity index (χ1v) is 11.8. The molecule has 0 spiro atoms. The van der Waals surface area contributed by atoms with E-state index in [2.05, 4.69) is 34.4 Å². The molecule has 7 nitrogen and oxygen atoms in total. The maximum Gasteiger partial charge on any atom is 0.416 e. The molecule has 1 aromatic heterocycles. The van der Waals surface area contributed by atoms with Gasteiger partial charge in [-0.25, -0.2) is 9.97 Å². The molecule has 3 aromatic rings. The Labute approximate surface area is 213 Å².